The molecular formula is C14H20ClF3N4O. The fourth-order valence-electron chi connectivity index (χ4n) is 3.41. The van der Waals surface area contributed by atoms with Gasteiger partial charge in [0.05, 0.1) is 18.2 Å². The Balaban J connectivity index is 0.00000192. The lowest BCUT2D eigenvalue weighted by atomic mass is 9.50. The highest BCUT2D eigenvalue weighted by Crippen LogP contribution is 2.55. The fourth-order valence-corrected chi connectivity index (χ4v) is 3.41. The van der Waals surface area contributed by atoms with E-state index in [0.29, 0.717) is 0 Å². The van der Waals surface area contributed by atoms with Crippen molar-refractivity contribution in [2.24, 2.45) is 11.1 Å². The van der Waals surface area contributed by atoms with Crippen LogP contribution in [0.1, 0.15) is 42.5 Å². The molecule has 0 aliphatic heterocycles. The molecule has 3 rings (SSSR count). The molecule has 1 spiro atoms. The Labute approximate surface area is 138 Å². The summed E-state index contributed by atoms with van der Waals surface area (Å²) in [6.45, 7) is -0.283. The number of rotatable bonds is 4. The number of aromatic nitrogens is 2. The first kappa shape index (κ1) is 18.1. The summed E-state index contributed by atoms with van der Waals surface area (Å²) in [6, 6.07) is 0.211. The smallest absolute Gasteiger partial charge is 0.349 e. The van der Waals surface area contributed by atoms with Crippen molar-refractivity contribution in [3.05, 3.63) is 18.0 Å². The van der Waals surface area contributed by atoms with Crippen molar-refractivity contribution in [3.63, 3.8) is 0 Å². The van der Waals surface area contributed by atoms with Gasteiger partial charge in [0.15, 0.2) is 0 Å². The molecule has 23 heavy (non-hydrogen) atoms. The topological polar surface area (TPSA) is 72.9 Å². The molecule has 2 aliphatic carbocycles. The highest BCUT2D eigenvalue weighted by atomic mass is 35.5. The quantitative estimate of drug-likeness (QED) is 0.873. The van der Waals surface area contributed by atoms with Crippen molar-refractivity contribution < 1.29 is 18.0 Å². The first-order valence-electron chi connectivity index (χ1n) is 7.46. The lowest BCUT2D eigenvalue weighted by Crippen LogP contribution is -2.69. The molecule has 130 valence electrons. The number of alkyl halides is 3. The summed E-state index contributed by atoms with van der Waals surface area (Å²) in [7, 11) is 0. The molecule has 2 unspecified atom stereocenters. The van der Waals surface area contributed by atoms with Crippen LogP contribution in [0.3, 0.4) is 0 Å². The van der Waals surface area contributed by atoms with E-state index in [1.165, 1.54) is 12.4 Å². The van der Waals surface area contributed by atoms with E-state index in [1.54, 1.807) is 0 Å². The zero-order chi connectivity index (χ0) is 16.0. The number of nitrogens with zero attached hydrogens (tertiary/aromatic N) is 2. The van der Waals surface area contributed by atoms with E-state index in [4.69, 9.17) is 5.73 Å². The fraction of sp³-hybridized carbons (Fsp3) is 0.714. The van der Waals surface area contributed by atoms with Crippen molar-refractivity contribution in [1.29, 1.82) is 0 Å². The third-order valence-corrected chi connectivity index (χ3v) is 5.03. The minimum absolute atomic E-state index is 0. The molecule has 1 aromatic heterocycles. The van der Waals surface area contributed by atoms with E-state index in [-0.39, 0.29) is 47.9 Å². The number of carbonyl (C=O) groups excluding carboxylic acids is 1. The second-order valence-electron chi connectivity index (χ2n) is 6.31. The first-order valence-corrected chi connectivity index (χ1v) is 7.46. The van der Waals surface area contributed by atoms with Crippen LogP contribution >= 0.6 is 12.4 Å². The minimum atomic E-state index is -4.23. The normalized spacial score (nSPS) is 25.2. The van der Waals surface area contributed by atoms with Crippen LogP contribution in [-0.4, -0.2) is 33.9 Å². The Morgan fingerprint density at radius 2 is 2.17 bits per heavy atom. The maximum absolute atomic E-state index is 12.2. The van der Waals surface area contributed by atoms with Gasteiger partial charge in [-0.15, -0.1) is 12.4 Å². The zero-order valence-corrected chi connectivity index (χ0v) is 13.3. The van der Waals surface area contributed by atoms with Gasteiger partial charge in [0.25, 0.3) is 5.91 Å². The molecule has 2 saturated carbocycles. The van der Waals surface area contributed by atoms with Crippen LogP contribution in [0.15, 0.2) is 12.4 Å². The van der Waals surface area contributed by atoms with Crippen molar-refractivity contribution in [2.75, 3.05) is 0 Å². The third kappa shape index (κ3) is 3.47. The molecule has 0 radical (unpaired) electrons. The lowest BCUT2D eigenvalue weighted by Gasteiger charge is -2.60. The Hall–Kier alpha value is -1.28. The maximum atomic E-state index is 12.2. The first-order chi connectivity index (χ1) is 10.3. The van der Waals surface area contributed by atoms with Crippen LogP contribution in [0.25, 0.3) is 0 Å². The zero-order valence-electron chi connectivity index (χ0n) is 12.5. The van der Waals surface area contributed by atoms with Gasteiger partial charge in [-0.05, 0) is 19.3 Å². The number of hydrogen-bond donors (Lipinski definition) is 2. The summed E-state index contributed by atoms with van der Waals surface area (Å²) in [5, 5.41) is 6.76. The Bertz CT molecular complexity index is 571. The minimum Gasteiger partial charge on any atom is -0.349 e. The highest BCUT2D eigenvalue weighted by molar-refractivity contribution is 5.94. The predicted molar refractivity (Wildman–Crippen MR) is 80.3 cm³/mol. The van der Waals surface area contributed by atoms with E-state index in [0.717, 1.165) is 30.4 Å². The molecule has 2 atom stereocenters. The van der Waals surface area contributed by atoms with Gasteiger partial charge in [-0.1, -0.05) is 6.42 Å². The molecule has 0 saturated heterocycles. The second-order valence-corrected chi connectivity index (χ2v) is 6.31. The monoisotopic (exact) mass is 352 g/mol. The molecule has 0 bridgehead atoms. The molecule has 1 aromatic rings. The van der Waals surface area contributed by atoms with Crippen LogP contribution in [0.5, 0.6) is 0 Å². The summed E-state index contributed by atoms with van der Waals surface area (Å²) in [5.41, 5.74) is 6.37. The summed E-state index contributed by atoms with van der Waals surface area (Å²) in [6.07, 6.45) is 1.42. The molecule has 3 N–H and O–H groups in total. The number of carbonyl (C=O) groups is 1. The van der Waals surface area contributed by atoms with E-state index in [1.807, 2.05) is 0 Å². The third-order valence-electron chi connectivity index (χ3n) is 5.03. The average molecular weight is 353 g/mol. The second kappa shape index (κ2) is 6.32. The van der Waals surface area contributed by atoms with Gasteiger partial charge in [-0.2, -0.15) is 18.3 Å². The number of hydrogen-bond acceptors (Lipinski definition) is 3. The number of nitrogens with one attached hydrogen (secondary N) is 1. The van der Waals surface area contributed by atoms with Crippen LogP contribution in [0, 0.1) is 5.41 Å². The van der Waals surface area contributed by atoms with Crippen molar-refractivity contribution >= 4 is 18.3 Å². The van der Waals surface area contributed by atoms with Crippen molar-refractivity contribution in [1.82, 2.24) is 15.1 Å². The largest absolute Gasteiger partial charge is 0.390 e. The SMILES string of the molecule is Cl.NC1CC(NC(=O)c2cnn(CCC(F)(F)F)c2)C12CCC2. The van der Waals surface area contributed by atoms with E-state index >= 15 is 0 Å². The van der Waals surface area contributed by atoms with Gasteiger partial charge < -0.3 is 11.1 Å². The number of amides is 1. The summed E-state index contributed by atoms with van der Waals surface area (Å²) in [4.78, 5) is 12.2. The molecule has 1 heterocycles. The number of aryl methyl sites for hydroxylation is 1. The van der Waals surface area contributed by atoms with Crippen LogP contribution in [0.2, 0.25) is 0 Å². The molecule has 0 aromatic carbocycles. The molecular weight excluding hydrogens is 333 g/mol. The van der Waals surface area contributed by atoms with Gasteiger partial charge >= 0.3 is 6.18 Å². The lowest BCUT2D eigenvalue weighted by molar-refractivity contribution is -0.137. The van der Waals surface area contributed by atoms with Crippen molar-refractivity contribution in [3.8, 4) is 0 Å². The predicted octanol–water partition coefficient (Wildman–Crippen LogP) is 2.26. The van der Waals surface area contributed by atoms with E-state index in [9.17, 15) is 18.0 Å². The van der Waals surface area contributed by atoms with Gasteiger partial charge in [-0.3, -0.25) is 9.48 Å². The Morgan fingerprint density at radius 1 is 1.48 bits per heavy atom. The van der Waals surface area contributed by atoms with Crippen molar-refractivity contribution in [2.45, 2.75) is 56.9 Å². The average Bonchev–Trinajstić information content (AvgIpc) is 2.81. The summed E-state index contributed by atoms with van der Waals surface area (Å²) >= 11 is 0. The number of halogens is 4. The van der Waals surface area contributed by atoms with Gasteiger partial charge in [0.2, 0.25) is 0 Å². The standard InChI is InChI=1S/C14H19F3N4O.ClH/c15-14(16,17)4-5-21-8-9(7-19-21)12(22)20-11-6-10(18)13(11)2-1-3-13;/h7-8,10-11H,1-6,18H2,(H,20,22);1H. The summed E-state index contributed by atoms with van der Waals surface area (Å²) < 4.78 is 37.6. The molecule has 1 amide bonds. The Morgan fingerprint density at radius 3 is 2.70 bits per heavy atom. The molecule has 2 aliphatic rings. The van der Waals surface area contributed by atoms with Crippen LogP contribution < -0.4 is 11.1 Å². The van der Waals surface area contributed by atoms with Crippen LogP contribution in [-0.2, 0) is 6.54 Å². The van der Waals surface area contributed by atoms with Crippen LogP contribution in [0.4, 0.5) is 13.2 Å². The highest BCUT2D eigenvalue weighted by Gasteiger charge is 2.57. The van der Waals surface area contributed by atoms with Gasteiger partial charge in [0.1, 0.15) is 0 Å². The van der Waals surface area contributed by atoms with Gasteiger partial charge in [-0.25, -0.2) is 0 Å². The molecule has 5 nitrogen and oxygen atoms in total. The number of nitrogens with two attached hydrogens (primary N) is 1. The van der Waals surface area contributed by atoms with E-state index in [2.05, 4.69) is 10.4 Å². The van der Waals surface area contributed by atoms with Gasteiger partial charge in [0, 0.05) is 30.2 Å². The maximum Gasteiger partial charge on any atom is 0.390 e. The summed E-state index contributed by atoms with van der Waals surface area (Å²) in [5.74, 6) is -0.290. The molecule has 2 fully saturated rings. The Kier molecular flexibility index (Phi) is 4.96. The molecule has 9 heteroatoms. The van der Waals surface area contributed by atoms with E-state index < -0.39 is 12.6 Å².